The van der Waals surface area contributed by atoms with Gasteiger partial charge in [-0.25, -0.2) is 4.79 Å². The molecule has 1 aromatic rings. The minimum atomic E-state index is -0.885. The Balaban J connectivity index is 2.35. The Morgan fingerprint density at radius 2 is 2.25 bits per heavy atom. The minimum absolute atomic E-state index is 0.00846. The third-order valence-corrected chi connectivity index (χ3v) is 3.51. The molecule has 86 valence electrons. The van der Waals surface area contributed by atoms with Crippen LogP contribution in [-0.4, -0.2) is 27.8 Å². The fraction of sp³-hybridized carbons (Fsp3) is 0.364. The van der Waals surface area contributed by atoms with Crippen LogP contribution in [0, 0.1) is 0 Å². The number of benzene rings is 1. The summed E-state index contributed by atoms with van der Waals surface area (Å²) in [5.41, 5.74) is 2.98. The number of aliphatic hydroxyl groups excluding tert-OH is 1. The topological polar surface area (TPSA) is 60.8 Å². The first-order chi connectivity index (χ1) is 7.61. The molecule has 0 unspecified atom stereocenters. The number of hydrogen-bond donors (Lipinski definition) is 2. The second-order valence-corrected chi connectivity index (χ2v) is 4.68. The van der Waals surface area contributed by atoms with Gasteiger partial charge >= 0.3 is 6.09 Å². The van der Waals surface area contributed by atoms with Crippen molar-refractivity contribution in [3.05, 3.63) is 33.3 Å². The van der Waals surface area contributed by atoms with Crippen molar-refractivity contribution in [3.63, 3.8) is 0 Å². The largest absolute Gasteiger partial charge is 0.465 e. The zero-order chi connectivity index (χ0) is 11.7. The number of carboxylic acid groups (broad SMARTS) is 1. The number of nitrogens with zero attached hydrogens (tertiary/aromatic N) is 1. The first-order valence-corrected chi connectivity index (χ1v) is 5.80. The van der Waals surface area contributed by atoms with Gasteiger partial charge in [0.05, 0.1) is 13.2 Å². The highest BCUT2D eigenvalue weighted by Crippen LogP contribution is 2.28. The molecule has 16 heavy (non-hydrogen) atoms. The van der Waals surface area contributed by atoms with E-state index < -0.39 is 6.09 Å². The van der Waals surface area contributed by atoms with Crippen LogP contribution in [0.15, 0.2) is 16.6 Å². The van der Waals surface area contributed by atoms with E-state index in [0.717, 1.165) is 21.2 Å². The quantitative estimate of drug-likeness (QED) is 0.829. The molecule has 2 rings (SSSR count). The zero-order valence-electron chi connectivity index (χ0n) is 8.61. The Morgan fingerprint density at radius 3 is 2.88 bits per heavy atom. The smallest absolute Gasteiger partial charge is 0.407 e. The molecule has 0 saturated heterocycles. The van der Waals surface area contributed by atoms with Crippen LogP contribution < -0.4 is 0 Å². The maximum absolute atomic E-state index is 10.9. The summed E-state index contributed by atoms with van der Waals surface area (Å²) in [6, 6.07) is 3.78. The van der Waals surface area contributed by atoms with Gasteiger partial charge in [0.2, 0.25) is 0 Å². The lowest BCUT2D eigenvalue weighted by molar-refractivity contribution is 0.139. The van der Waals surface area contributed by atoms with Gasteiger partial charge in [-0.2, -0.15) is 0 Å². The highest BCUT2D eigenvalue weighted by molar-refractivity contribution is 9.10. The molecule has 1 amide bonds. The number of halogens is 1. The van der Waals surface area contributed by atoms with Gasteiger partial charge in [-0.1, -0.05) is 22.0 Å². The van der Waals surface area contributed by atoms with Gasteiger partial charge in [-0.15, -0.1) is 0 Å². The first kappa shape index (κ1) is 11.4. The molecule has 0 atom stereocenters. The van der Waals surface area contributed by atoms with Crippen LogP contribution in [0.25, 0.3) is 0 Å². The van der Waals surface area contributed by atoms with Gasteiger partial charge in [0.15, 0.2) is 0 Å². The van der Waals surface area contributed by atoms with Crippen molar-refractivity contribution in [3.8, 4) is 0 Å². The van der Waals surface area contributed by atoms with Crippen molar-refractivity contribution in [2.75, 3.05) is 6.54 Å². The summed E-state index contributed by atoms with van der Waals surface area (Å²) in [7, 11) is 0. The second-order valence-electron chi connectivity index (χ2n) is 3.83. The fourth-order valence-electron chi connectivity index (χ4n) is 1.94. The Hall–Kier alpha value is -1.07. The number of rotatable bonds is 1. The van der Waals surface area contributed by atoms with Crippen LogP contribution in [0.5, 0.6) is 0 Å². The van der Waals surface area contributed by atoms with Crippen LogP contribution in [0.3, 0.4) is 0 Å². The molecule has 0 aliphatic carbocycles. The average Bonchev–Trinajstić information content (AvgIpc) is 2.28. The predicted octanol–water partition coefficient (Wildman–Crippen LogP) is 1.98. The first-order valence-electron chi connectivity index (χ1n) is 5.00. The average molecular weight is 286 g/mol. The van der Waals surface area contributed by atoms with E-state index in [4.69, 9.17) is 10.2 Å². The Kier molecular flexibility index (Phi) is 3.16. The van der Waals surface area contributed by atoms with Gasteiger partial charge in [-0.3, -0.25) is 0 Å². The number of hydrogen-bond acceptors (Lipinski definition) is 2. The van der Waals surface area contributed by atoms with Crippen LogP contribution >= 0.6 is 15.9 Å². The van der Waals surface area contributed by atoms with Gasteiger partial charge in [0, 0.05) is 11.0 Å². The summed E-state index contributed by atoms with van der Waals surface area (Å²) in [6.07, 6.45) is -0.183. The van der Waals surface area contributed by atoms with Crippen molar-refractivity contribution in [1.29, 1.82) is 0 Å². The summed E-state index contributed by atoms with van der Waals surface area (Å²) in [5.74, 6) is 0. The lowest BCUT2D eigenvalue weighted by atomic mass is 9.98. The lowest BCUT2D eigenvalue weighted by Gasteiger charge is -2.27. The molecule has 0 spiro atoms. The molecule has 0 saturated carbocycles. The highest BCUT2D eigenvalue weighted by atomic mass is 79.9. The molecule has 1 aliphatic heterocycles. The molecular weight excluding hydrogens is 274 g/mol. The highest BCUT2D eigenvalue weighted by Gasteiger charge is 2.22. The summed E-state index contributed by atoms with van der Waals surface area (Å²) in [4.78, 5) is 12.3. The van der Waals surface area contributed by atoms with Gasteiger partial charge in [0.1, 0.15) is 0 Å². The Bertz CT molecular complexity index is 433. The minimum Gasteiger partial charge on any atom is -0.465 e. The second kappa shape index (κ2) is 4.43. The predicted molar refractivity (Wildman–Crippen MR) is 62.2 cm³/mol. The van der Waals surface area contributed by atoms with Crippen molar-refractivity contribution < 1.29 is 15.0 Å². The van der Waals surface area contributed by atoms with Gasteiger partial charge < -0.3 is 15.1 Å². The third-order valence-electron chi connectivity index (χ3n) is 2.80. The van der Waals surface area contributed by atoms with E-state index >= 15 is 0 Å². The summed E-state index contributed by atoms with van der Waals surface area (Å²) in [6.45, 7) is 0.940. The molecular formula is C11H12BrNO3. The number of carbonyl (C=O) groups is 1. The van der Waals surface area contributed by atoms with Crippen LogP contribution in [-0.2, 0) is 19.6 Å². The molecule has 0 fully saturated rings. The summed E-state index contributed by atoms with van der Waals surface area (Å²) < 4.78 is 0.875. The van der Waals surface area contributed by atoms with E-state index in [1.54, 1.807) is 0 Å². The van der Waals surface area contributed by atoms with Gasteiger partial charge in [0.25, 0.3) is 0 Å². The summed E-state index contributed by atoms with van der Waals surface area (Å²) >= 11 is 3.42. The van der Waals surface area contributed by atoms with E-state index in [9.17, 15) is 4.79 Å². The van der Waals surface area contributed by atoms with Crippen molar-refractivity contribution >= 4 is 22.0 Å². The Morgan fingerprint density at radius 1 is 1.50 bits per heavy atom. The van der Waals surface area contributed by atoms with Crippen molar-refractivity contribution in [2.24, 2.45) is 0 Å². The van der Waals surface area contributed by atoms with Crippen molar-refractivity contribution in [2.45, 2.75) is 19.6 Å². The molecule has 0 aromatic heterocycles. The molecule has 4 nitrogen and oxygen atoms in total. The Labute approximate surface area is 102 Å². The number of amides is 1. The SMILES string of the molecule is O=C(O)N1CCc2cc(CO)cc(Br)c2C1. The lowest BCUT2D eigenvalue weighted by Crippen LogP contribution is -2.35. The molecule has 1 aliphatic rings. The molecule has 2 N–H and O–H groups in total. The van der Waals surface area contributed by atoms with E-state index in [1.165, 1.54) is 4.90 Å². The molecule has 0 bridgehead atoms. The zero-order valence-corrected chi connectivity index (χ0v) is 10.2. The molecule has 0 radical (unpaired) electrons. The van der Waals surface area contributed by atoms with Crippen LogP contribution in [0.1, 0.15) is 16.7 Å². The van der Waals surface area contributed by atoms with E-state index in [1.807, 2.05) is 12.1 Å². The standard InChI is InChI=1S/C11H12BrNO3/c12-10-4-7(6-14)3-8-1-2-13(11(15)16)5-9(8)10/h3-4,14H,1-2,5-6H2,(H,15,16). The van der Waals surface area contributed by atoms with Crippen molar-refractivity contribution in [1.82, 2.24) is 4.90 Å². The maximum Gasteiger partial charge on any atom is 0.407 e. The number of fused-ring (bicyclic) bond motifs is 1. The summed E-state index contributed by atoms with van der Waals surface area (Å²) in [5, 5.41) is 18.0. The van der Waals surface area contributed by atoms with E-state index in [2.05, 4.69) is 15.9 Å². The van der Waals surface area contributed by atoms with Crippen LogP contribution in [0.2, 0.25) is 0 Å². The number of aliphatic hydroxyl groups is 1. The monoisotopic (exact) mass is 285 g/mol. The third kappa shape index (κ3) is 2.05. The fourth-order valence-corrected chi connectivity index (χ4v) is 2.61. The normalized spacial score (nSPS) is 14.8. The van der Waals surface area contributed by atoms with E-state index in [-0.39, 0.29) is 6.61 Å². The van der Waals surface area contributed by atoms with E-state index in [0.29, 0.717) is 19.5 Å². The van der Waals surface area contributed by atoms with Gasteiger partial charge in [-0.05, 0) is 29.2 Å². The molecule has 1 aromatic carbocycles. The molecule has 1 heterocycles. The maximum atomic E-state index is 10.9. The molecule has 5 heteroatoms. The van der Waals surface area contributed by atoms with Crippen LogP contribution in [0.4, 0.5) is 4.79 Å².